The van der Waals surface area contributed by atoms with Crippen LogP contribution in [0.4, 0.5) is 0 Å². The third kappa shape index (κ3) is 1.50. The molecule has 1 atom stereocenters. The minimum absolute atomic E-state index is 0.820. The summed E-state index contributed by atoms with van der Waals surface area (Å²) in [5.41, 5.74) is 1.35. The Hall–Kier alpha value is -0.830. The fraction of sp³-hybridized carbons (Fsp3) is 0.667. The zero-order chi connectivity index (χ0) is 8.39. The molecule has 0 saturated carbocycles. The number of aryl methyl sites for hydroxylation is 1. The molecule has 2 heterocycles. The van der Waals surface area contributed by atoms with E-state index in [2.05, 4.69) is 16.5 Å². The summed E-state index contributed by atoms with van der Waals surface area (Å²) < 4.78 is 1.97. The molecule has 0 aromatic carbocycles. The summed E-state index contributed by atoms with van der Waals surface area (Å²) in [6, 6.07) is 2.11. The van der Waals surface area contributed by atoms with Gasteiger partial charge in [0, 0.05) is 18.9 Å². The number of rotatable bonds is 2. The quantitative estimate of drug-likeness (QED) is 0.694. The third-order valence-corrected chi connectivity index (χ3v) is 2.58. The van der Waals surface area contributed by atoms with Gasteiger partial charge in [-0.05, 0) is 37.9 Å². The second kappa shape index (κ2) is 3.27. The van der Waals surface area contributed by atoms with Crippen LogP contribution in [0.25, 0.3) is 0 Å². The van der Waals surface area contributed by atoms with Gasteiger partial charge in [-0.2, -0.15) is 5.10 Å². The monoisotopic (exact) mass is 165 g/mol. The van der Waals surface area contributed by atoms with Crippen molar-refractivity contribution in [1.82, 2.24) is 15.1 Å². The van der Waals surface area contributed by atoms with Crippen LogP contribution in [0.1, 0.15) is 12.1 Å². The smallest absolute Gasteiger partial charge is 0.0492 e. The van der Waals surface area contributed by atoms with E-state index in [4.69, 9.17) is 0 Å². The lowest BCUT2D eigenvalue weighted by atomic mass is 10.0. The highest BCUT2D eigenvalue weighted by atomic mass is 15.3. The number of hydrogen-bond donors (Lipinski definition) is 1. The lowest BCUT2D eigenvalue weighted by molar-refractivity contribution is 0.548. The molecule has 1 aliphatic rings. The van der Waals surface area contributed by atoms with Crippen molar-refractivity contribution in [2.24, 2.45) is 13.0 Å². The average Bonchev–Trinajstić information content (AvgIpc) is 2.65. The van der Waals surface area contributed by atoms with E-state index in [0.29, 0.717) is 0 Å². The average molecular weight is 165 g/mol. The molecule has 1 fully saturated rings. The van der Waals surface area contributed by atoms with E-state index in [1.807, 2.05) is 17.9 Å². The summed E-state index contributed by atoms with van der Waals surface area (Å²) >= 11 is 0. The molecule has 0 amide bonds. The molecule has 66 valence electrons. The molecule has 0 spiro atoms. The second-order valence-electron chi connectivity index (χ2n) is 3.51. The van der Waals surface area contributed by atoms with Crippen molar-refractivity contribution >= 4 is 0 Å². The van der Waals surface area contributed by atoms with Gasteiger partial charge in [-0.3, -0.25) is 4.68 Å². The van der Waals surface area contributed by atoms with Crippen molar-refractivity contribution in [3.63, 3.8) is 0 Å². The van der Waals surface area contributed by atoms with E-state index in [-0.39, 0.29) is 0 Å². The summed E-state index contributed by atoms with van der Waals surface area (Å²) in [4.78, 5) is 0. The van der Waals surface area contributed by atoms with Crippen molar-refractivity contribution < 1.29 is 0 Å². The Balaban J connectivity index is 1.98. The van der Waals surface area contributed by atoms with Crippen LogP contribution in [0.3, 0.4) is 0 Å². The van der Waals surface area contributed by atoms with Crippen LogP contribution in [-0.4, -0.2) is 22.9 Å². The highest BCUT2D eigenvalue weighted by Gasteiger charge is 2.15. The van der Waals surface area contributed by atoms with Gasteiger partial charge in [-0.15, -0.1) is 0 Å². The Morgan fingerprint density at radius 3 is 3.25 bits per heavy atom. The Labute approximate surface area is 72.8 Å². The SMILES string of the molecule is Cn1nccc1CC1CCNC1. The lowest BCUT2D eigenvalue weighted by Crippen LogP contribution is -2.12. The number of nitrogens with one attached hydrogen (secondary N) is 1. The summed E-state index contributed by atoms with van der Waals surface area (Å²) in [6.45, 7) is 2.35. The largest absolute Gasteiger partial charge is 0.316 e. The van der Waals surface area contributed by atoms with E-state index < -0.39 is 0 Å². The minimum atomic E-state index is 0.820. The van der Waals surface area contributed by atoms with Crippen LogP contribution >= 0.6 is 0 Å². The molecule has 0 radical (unpaired) electrons. The van der Waals surface area contributed by atoms with Gasteiger partial charge in [0.1, 0.15) is 0 Å². The lowest BCUT2D eigenvalue weighted by Gasteiger charge is -2.07. The van der Waals surface area contributed by atoms with Gasteiger partial charge < -0.3 is 5.32 Å². The van der Waals surface area contributed by atoms with Gasteiger partial charge >= 0.3 is 0 Å². The van der Waals surface area contributed by atoms with E-state index in [9.17, 15) is 0 Å². The Bertz CT molecular complexity index is 248. The van der Waals surface area contributed by atoms with Crippen LogP contribution in [0.5, 0.6) is 0 Å². The normalized spacial score (nSPS) is 23.2. The van der Waals surface area contributed by atoms with E-state index >= 15 is 0 Å². The number of nitrogens with zero attached hydrogens (tertiary/aromatic N) is 2. The molecule has 3 nitrogen and oxygen atoms in total. The van der Waals surface area contributed by atoms with Crippen molar-refractivity contribution in [1.29, 1.82) is 0 Å². The van der Waals surface area contributed by atoms with E-state index in [0.717, 1.165) is 5.92 Å². The zero-order valence-corrected chi connectivity index (χ0v) is 7.45. The molecule has 1 N–H and O–H groups in total. The Kier molecular flexibility index (Phi) is 2.13. The van der Waals surface area contributed by atoms with Crippen LogP contribution in [-0.2, 0) is 13.5 Å². The van der Waals surface area contributed by atoms with Crippen LogP contribution < -0.4 is 5.32 Å². The first-order valence-electron chi connectivity index (χ1n) is 4.54. The summed E-state index contributed by atoms with van der Waals surface area (Å²) in [6.07, 6.45) is 4.35. The summed E-state index contributed by atoms with van der Waals surface area (Å²) in [5, 5.41) is 7.53. The molecule has 1 aromatic heterocycles. The molecule has 1 saturated heterocycles. The maximum Gasteiger partial charge on any atom is 0.0492 e. The van der Waals surface area contributed by atoms with Crippen molar-refractivity contribution in [3.8, 4) is 0 Å². The maximum atomic E-state index is 4.15. The van der Waals surface area contributed by atoms with Crippen LogP contribution in [0.2, 0.25) is 0 Å². The topological polar surface area (TPSA) is 29.9 Å². The summed E-state index contributed by atoms with van der Waals surface area (Å²) in [7, 11) is 2.01. The minimum Gasteiger partial charge on any atom is -0.316 e. The summed E-state index contributed by atoms with van der Waals surface area (Å²) in [5.74, 6) is 0.820. The molecule has 3 heteroatoms. The molecule has 1 aliphatic heterocycles. The standard InChI is InChI=1S/C9H15N3/c1-12-9(3-5-11-12)6-8-2-4-10-7-8/h3,5,8,10H,2,4,6-7H2,1H3. The zero-order valence-electron chi connectivity index (χ0n) is 7.45. The number of aromatic nitrogens is 2. The predicted molar refractivity (Wildman–Crippen MR) is 47.9 cm³/mol. The predicted octanol–water partition coefficient (Wildman–Crippen LogP) is 0.572. The molecule has 12 heavy (non-hydrogen) atoms. The molecule has 2 rings (SSSR count). The highest BCUT2D eigenvalue weighted by Crippen LogP contribution is 2.13. The Morgan fingerprint density at radius 2 is 2.67 bits per heavy atom. The van der Waals surface area contributed by atoms with Gasteiger partial charge in [-0.1, -0.05) is 0 Å². The molecule has 1 unspecified atom stereocenters. The molecule has 0 bridgehead atoms. The van der Waals surface area contributed by atoms with Gasteiger partial charge in [0.15, 0.2) is 0 Å². The van der Waals surface area contributed by atoms with Crippen molar-refractivity contribution in [2.45, 2.75) is 12.8 Å². The molecular weight excluding hydrogens is 150 g/mol. The van der Waals surface area contributed by atoms with Gasteiger partial charge in [0.2, 0.25) is 0 Å². The van der Waals surface area contributed by atoms with Crippen LogP contribution in [0, 0.1) is 5.92 Å². The van der Waals surface area contributed by atoms with Crippen molar-refractivity contribution in [3.05, 3.63) is 18.0 Å². The van der Waals surface area contributed by atoms with Gasteiger partial charge in [0.05, 0.1) is 0 Å². The first-order chi connectivity index (χ1) is 5.86. The first-order valence-corrected chi connectivity index (χ1v) is 4.54. The molecule has 0 aliphatic carbocycles. The maximum absolute atomic E-state index is 4.15. The van der Waals surface area contributed by atoms with E-state index in [1.165, 1.54) is 31.6 Å². The fourth-order valence-corrected chi connectivity index (χ4v) is 1.79. The third-order valence-electron chi connectivity index (χ3n) is 2.58. The van der Waals surface area contributed by atoms with E-state index in [1.54, 1.807) is 0 Å². The molecular formula is C9H15N3. The molecule has 1 aromatic rings. The number of hydrogen-bond acceptors (Lipinski definition) is 2. The van der Waals surface area contributed by atoms with Gasteiger partial charge in [0.25, 0.3) is 0 Å². The fourth-order valence-electron chi connectivity index (χ4n) is 1.79. The van der Waals surface area contributed by atoms with Gasteiger partial charge in [-0.25, -0.2) is 0 Å². The highest BCUT2D eigenvalue weighted by molar-refractivity contribution is 5.01. The van der Waals surface area contributed by atoms with Crippen LogP contribution in [0.15, 0.2) is 12.3 Å². The first kappa shape index (κ1) is 7.80. The Morgan fingerprint density at radius 1 is 1.75 bits per heavy atom. The van der Waals surface area contributed by atoms with Crippen molar-refractivity contribution in [2.75, 3.05) is 13.1 Å². The second-order valence-corrected chi connectivity index (χ2v) is 3.51.